The number of carbonyl (C=O) groups excluding carboxylic acids is 1. The molecule has 4 nitrogen and oxygen atoms in total. The highest BCUT2D eigenvalue weighted by atomic mass is 16.2. The molecule has 0 bridgehead atoms. The Balaban J connectivity index is 2.51. The Morgan fingerprint density at radius 2 is 2.00 bits per heavy atom. The van der Waals surface area contributed by atoms with Crippen molar-refractivity contribution >= 4 is 5.91 Å². The van der Waals surface area contributed by atoms with Crippen LogP contribution in [0, 0.1) is 0 Å². The van der Waals surface area contributed by atoms with Gasteiger partial charge in [0.2, 0.25) is 5.91 Å². The van der Waals surface area contributed by atoms with E-state index in [4.69, 9.17) is 0 Å². The third-order valence-electron chi connectivity index (χ3n) is 2.45. The van der Waals surface area contributed by atoms with E-state index in [1.807, 2.05) is 32.9 Å². The van der Waals surface area contributed by atoms with Crippen LogP contribution in [0.1, 0.15) is 32.4 Å². The van der Waals surface area contributed by atoms with Gasteiger partial charge in [-0.25, -0.2) is 0 Å². The number of hydrogen-bond acceptors (Lipinski definition) is 3. The van der Waals surface area contributed by atoms with E-state index in [1.54, 1.807) is 12.4 Å². The summed E-state index contributed by atoms with van der Waals surface area (Å²) < 4.78 is 0. The second-order valence-electron chi connectivity index (χ2n) is 3.79. The van der Waals surface area contributed by atoms with Gasteiger partial charge in [-0.15, -0.1) is 0 Å². The lowest BCUT2D eigenvalue weighted by atomic mass is 10.1. The summed E-state index contributed by atoms with van der Waals surface area (Å²) in [5, 5.41) is 6.03. The van der Waals surface area contributed by atoms with Crippen LogP contribution in [0.15, 0.2) is 24.5 Å². The summed E-state index contributed by atoms with van der Waals surface area (Å²) in [6.45, 7) is 6.47. The molecule has 0 radical (unpaired) electrons. The second-order valence-corrected chi connectivity index (χ2v) is 3.79. The standard InChI is InChI=1S/C12H19N3O/c1-4-14-12(16)10(3)15-9(2)11-5-7-13-8-6-11/h5-10,15H,4H2,1-3H3,(H,14,16). The highest BCUT2D eigenvalue weighted by Crippen LogP contribution is 2.10. The monoisotopic (exact) mass is 221 g/mol. The van der Waals surface area contributed by atoms with E-state index in [1.165, 1.54) is 0 Å². The smallest absolute Gasteiger partial charge is 0.236 e. The zero-order chi connectivity index (χ0) is 12.0. The molecule has 1 aromatic rings. The number of carbonyl (C=O) groups is 1. The van der Waals surface area contributed by atoms with Crippen molar-refractivity contribution in [3.63, 3.8) is 0 Å². The Hall–Kier alpha value is -1.42. The Morgan fingerprint density at radius 1 is 1.38 bits per heavy atom. The molecule has 0 fully saturated rings. The number of aromatic nitrogens is 1. The van der Waals surface area contributed by atoms with Crippen LogP contribution in [0.25, 0.3) is 0 Å². The van der Waals surface area contributed by atoms with Crippen molar-refractivity contribution in [1.82, 2.24) is 15.6 Å². The number of pyridine rings is 1. The fraction of sp³-hybridized carbons (Fsp3) is 0.500. The van der Waals surface area contributed by atoms with Gasteiger partial charge >= 0.3 is 0 Å². The lowest BCUT2D eigenvalue weighted by Gasteiger charge is -2.19. The van der Waals surface area contributed by atoms with Crippen molar-refractivity contribution in [3.8, 4) is 0 Å². The van der Waals surface area contributed by atoms with Gasteiger partial charge in [-0.1, -0.05) is 0 Å². The van der Waals surface area contributed by atoms with Gasteiger partial charge in [-0.05, 0) is 38.5 Å². The van der Waals surface area contributed by atoms with Gasteiger partial charge in [0, 0.05) is 25.0 Å². The topological polar surface area (TPSA) is 54.0 Å². The quantitative estimate of drug-likeness (QED) is 0.787. The minimum absolute atomic E-state index is 0.0309. The minimum atomic E-state index is -0.192. The minimum Gasteiger partial charge on any atom is -0.355 e. The van der Waals surface area contributed by atoms with Crippen LogP contribution in [0.5, 0.6) is 0 Å². The van der Waals surface area contributed by atoms with Crippen LogP contribution in [0.4, 0.5) is 0 Å². The average Bonchev–Trinajstić information content (AvgIpc) is 2.30. The molecule has 2 unspecified atom stereocenters. The first-order valence-electron chi connectivity index (χ1n) is 5.58. The molecular formula is C12H19N3O. The number of nitrogens with one attached hydrogen (secondary N) is 2. The Labute approximate surface area is 96.5 Å². The summed E-state index contributed by atoms with van der Waals surface area (Å²) in [6, 6.07) is 3.84. The van der Waals surface area contributed by atoms with Gasteiger partial charge in [-0.2, -0.15) is 0 Å². The maximum absolute atomic E-state index is 11.5. The lowest BCUT2D eigenvalue weighted by Crippen LogP contribution is -2.43. The molecule has 1 heterocycles. The molecular weight excluding hydrogens is 202 g/mol. The largest absolute Gasteiger partial charge is 0.355 e. The second kappa shape index (κ2) is 6.23. The van der Waals surface area contributed by atoms with E-state index in [0.29, 0.717) is 6.54 Å². The molecule has 0 saturated heterocycles. The number of nitrogens with zero attached hydrogens (tertiary/aromatic N) is 1. The number of amides is 1. The van der Waals surface area contributed by atoms with E-state index < -0.39 is 0 Å². The number of likely N-dealkylation sites (N-methyl/N-ethyl adjacent to an activating group) is 1. The van der Waals surface area contributed by atoms with E-state index >= 15 is 0 Å². The summed E-state index contributed by atoms with van der Waals surface area (Å²) in [4.78, 5) is 15.5. The predicted octanol–water partition coefficient (Wildman–Crippen LogP) is 1.26. The van der Waals surface area contributed by atoms with Gasteiger partial charge in [-0.3, -0.25) is 15.1 Å². The molecule has 0 aromatic carbocycles. The van der Waals surface area contributed by atoms with Crippen LogP contribution in [-0.2, 0) is 4.79 Å². The van der Waals surface area contributed by atoms with Crippen LogP contribution in [0.2, 0.25) is 0 Å². The first-order chi connectivity index (χ1) is 7.65. The van der Waals surface area contributed by atoms with Crippen molar-refractivity contribution in [3.05, 3.63) is 30.1 Å². The zero-order valence-electron chi connectivity index (χ0n) is 10.0. The van der Waals surface area contributed by atoms with E-state index in [0.717, 1.165) is 5.56 Å². The summed E-state index contributed by atoms with van der Waals surface area (Å²) >= 11 is 0. The summed E-state index contributed by atoms with van der Waals surface area (Å²) in [5.41, 5.74) is 1.13. The molecule has 2 atom stereocenters. The van der Waals surface area contributed by atoms with E-state index in [-0.39, 0.29) is 18.0 Å². The van der Waals surface area contributed by atoms with Gasteiger partial charge in [0.05, 0.1) is 6.04 Å². The molecule has 4 heteroatoms. The fourth-order valence-electron chi connectivity index (χ4n) is 1.53. The molecule has 0 aliphatic rings. The Bertz CT molecular complexity index is 326. The molecule has 1 rings (SSSR count). The molecule has 0 spiro atoms. The summed E-state index contributed by atoms with van der Waals surface area (Å²) in [6.07, 6.45) is 3.51. The maximum Gasteiger partial charge on any atom is 0.236 e. The van der Waals surface area contributed by atoms with Crippen LogP contribution in [-0.4, -0.2) is 23.5 Å². The summed E-state index contributed by atoms with van der Waals surface area (Å²) in [7, 11) is 0. The van der Waals surface area contributed by atoms with Gasteiger partial charge in [0.25, 0.3) is 0 Å². The fourth-order valence-corrected chi connectivity index (χ4v) is 1.53. The normalized spacial score (nSPS) is 14.2. The highest BCUT2D eigenvalue weighted by molar-refractivity contribution is 5.81. The van der Waals surface area contributed by atoms with E-state index in [9.17, 15) is 4.79 Å². The molecule has 1 aromatic heterocycles. The third kappa shape index (κ3) is 3.62. The Kier molecular flexibility index (Phi) is 4.92. The third-order valence-corrected chi connectivity index (χ3v) is 2.45. The lowest BCUT2D eigenvalue weighted by molar-refractivity contribution is -0.122. The van der Waals surface area contributed by atoms with Crippen molar-refractivity contribution in [2.24, 2.45) is 0 Å². The van der Waals surface area contributed by atoms with Crippen molar-refractivity contribution in [2.75, 3.05) is 6.54 Å². The molecule has 88 valence electrons. The van der Waals surface area contributed by atoms with Crippen LogP contribution >= 0.6 is 0 Å². The highest BCUT2D eigenvalue weighted by Gasteiger charge is 2.14. The van der Waals surface area contributed by atoms with Gasteiger partial charge in [0.1, 0.15) is 0 Å². The van der Waals surface area contributed by atoms with Crippen LogP contribution < -0.4 is 10.6 Å². The Morgan fingerprint density at radius 3 is 2.56 bits per heavy atom. The van der Waals surface area contributed by atoms with Crippen molar-refractivity contribution in [1.29, 1.82) is 0 Å². The molecule has 0 aliphatic carbocycles. The SMILES string of the molecule is CCNC(=O)C(C)NC(C)c1ccncc1. The average molecular weight is 221 g/mol. The number of rotatable bonds is 5. The molecule has 0 saturated carbocycles. The molecule has 16 heavy (non-hydrogen) atoms. The van der Waals surface area contributed by atoms with Gasteiger partial charge < -0.3 is 5.32 Å². The molecule has 0 aliphatic heterocycles. The van der Waals surface area contributed by atoms with Crippen molar-refractivity contribution in [2.45, 2.75) is 32.9 Å². The molecule has 2 N–H and O–H groups in total. The maximum atomic E-state index is 11.5. The number of hydrogen-bond donors (Lipinski definition) is 2. The van der Waals surface area contributed by atoms with Crippen LogP contribution in [0.3, 0.4) is 0 Å². The van der Waals surface area contributed by atoms with E-state index in [2.05, 4.69) is 15.6 Å². The van der Waals surface area contributed by atoms with Crippen molar-refractivity contribution < 1.29 is 4.79 Å². The first-order valence-corrected chi connectivity index (χ1v) is 5.58. The predicted molar refractivity (Wildman–Crippen MR) is 63.9 cm³/mol. The first kappa shape index (κ1) is 12.6. The zero-order valence-corrected chi connectivity index (χ0v) is 10.0. The van der Waals surface area contributed by atoms with Gasteiger partial charge in [0.15, 0.2) is 0 Å². The molecule has 1 amide bonds. The summed E-state index contributed by atoms with van der Waals surface area (Å²) in [5.74, 6) is 0.0309.